The van der Waals surface area contributed by atoms with Crippen LogP contribution in [0.1, 0.15) is 6.92 Å². The summed E-state index contributed by atoms with van der Waals surface area (Å²) in [5.74, 6) is 0.217. The minimum Gasteiger partial charge on any atom is -0.481 e. The summed E-state index contributed by atoms with van der Waals surface area (Å²) in [5, 5.41) is 4.70. The molecule has 128 valence electrons. The fourth-order valence-electron chi connectivity index (χ4n) is 1.26. The second-order valence-electron chi connectivity index (χ2n) is 3.70. The average Bonchev–Trinajstić information content (AvgIpc) is 2.57. The molecule has 0 aliphatic heterocycles. The number of hydrogen-bond donors (Lipinski definition) is 3. The molecule has 5 N–H and O–H groups in total. The van der Waals surface area contributed by atoms with E-state index in [0.717, 1.165) is 5.17 Å². The number of nitrogens with zero attached hydrogens (tertiary/aromatic N) is 5. The quantitative estimate of drug-likeness (QED) is 0.325. The van der Waals surface area contributed by atoms with Gasteiger partial charge in [0, 0.05) is 6.07 Å². The fraction of sp³-hybridized carbons (Fsp3) is 0.455. The Morgan fingerprint density at radius 2 is 2.00 bits per heavy atom. The minimum absolute atomic E-state index is 0.0703. The number of ether oxygens (including phenoxy) is 2. The summed E-state index contributed by atoms with van der Waals surface area (Å²) < 4.78 is 9.96. The Labute approximate surface area is 133 Å². The first-order chi connectivity index (χ1) is 11.0. The fourth-order valence-corrected chi connectivity index (χ4v) is 1.26. The van der Waals surface area contributed by atoms with Crippen molar-refractivity contribution in [2.75, 3.05) is 27.9 Å². The van der Waals surface area contributed by atoms with Gasteiger partial charge in [-0.3, -0.25) is 9.68 Å². The molecule has 0 saturated heterocycles. The maximum absolute atomic E-state index is 5.80. The van der Waals surface area contributed by atoms with Gasteiger partial charge in [0.2, 0.25) is 17.8 Å². The van der Waals surface area contributed by atoms with Gasteiger partial charge in [0.15, 0.2) is 5.82 Å². The van der Waals surface area contributed by atoms with Crippen LogP contribution in [0.4, 0.5) is 5.82 Å². The van der Waals surface area contributed by atoms with E-state index in [0.29, 0.717) is 6.61 Å². The number of aromatic nitrogens is 2. The van der Waals surface area contributed by atoms with Crippen molar-refractivity contribution in [2.45, 2.75) is 6.92 Å². The van der Waals surface area contributed by atoms with E-state index in [1.54, 1.807) is 6.92 Å². The van der Waals surface area contributed by atoms with Crippen LogP contribution in [-0.4, -0.2) is 55.0 Å². The third kappa shape index (κ3) is 5.80. The molecule has 1 heterocycles. The third-order valence-corrected chi connectivity index (χ3v) is 2.18. The van der Waals surface area contributed by atoms with Gasteiger partial charge in [-0.1, -0.05) is 5.17 Å². The summed E-state index contributed by atoms with van der Waals surface area (Å²) in [7, 11) is 4.20. The van der Waals surface area contributed by atoms with Crippen molar-refractivity contribution < 1.29 is 19.1 Å². The van der Waals surface area contributed by atoms with E-state index in [1.165, 1.54) is 27.4 Å². The molecular weight excluding hydrogens is 308 g/mol. The van der Waals surface area contributed by atoms with Crippen molar-refractivity contribution in [1.29, 1.82) is 0 Å². The van der Waals surface area contributed by atoms with E-state index >= 15 is 0 Å². The van der Waals surface area contributed by atoms with Gasteiger partial charge in [-0.2, -0.15) is 15.0 Å². The maximum Gasteiger partial charge on any atom is 0.321 e. The molecule has 0 aromatic carbocycles. The number of guanidine groups is 2. The van der Waals surface area contributed by atoms with E-state index in [4.69, 9.17) is 30.6 Å². The van der Waals surface area contributed by atoms with Crippen molar-refractivity contribution in [1.82, 2.24) is 20.6 Å². The zero-order chi connectivity index (χ0) is 17.2. The van der Waals surface area contributed by atoms with Gasteiger partial charge in [-0.25, -0.2) is 5.48 Å². The molecule has 0 saturated carbocycles. The molecule has 1 aromatic heterocycles. The zero-order valence-electron chi connectivity index (χ0n) is 13.3. The number of rotatable bonds is 7. The van der Waals surface area contributed by atoms with Crippen LogP contribution in [0, 0.1) is 0 Å². The molecule has 0 unspecified atom stereocenters. The Kier molecular flexibility index (Phi) is 7.29. The molecule has 1 rings (SSSR count). The second-order valence-corrected chi connectivity index (χ2v) is 3.70. The minimum atomic E-state index is -0.142. The Bertz CT molecular complexity index is 543. The third-order valence-electron chi connectivity index (χ3n) is 2.18. The van der Waals surface area contributed by atoms with Crippen LogP contribution in [0.15, 0.2) is 16.2 Å². The molecule has 0 aliphatic rings. The van der Waals surface area contributed by atoms with Gasteiger partial charge in [0.05, 0.1) is 27.9 Å². The van der Waals surface area contributed by atoms with Crippen LogP contribution in [0.3, 0.4) is 0 Å². The molecule has 0 aliphatic carbocycles. The van der Waals surface area contributed by atoms with Crippen molar-refractivity contribution in [3.63, 3.8) is 0 Å². The summed E-state index contributed by atoms with van der Waals surface area (Å²) in [6.45, 7) is 2.17. The molecule has 12 heteroatoms. The predicted molar refractivity (Wildman–Crippen MR) is 81.7 cm³/mol. The summed E-state index contributed by atoms with van der Waals surface area (Å²) in [5.41, 5.74) is 13.8. The molecule has 0 bridgehead atoms. The molecule has 12 nitrogen and oxygen atoms in total. The molecule has 0 spiro atoms. The van der Waals surface area contributed by atoms with Crippen LogP contribution >= 0.6 is 0 Å². The topological polar surface area (TPSA) is 155 Å². The van der Waals surface area contributed by atoms with Crippen molar-refractivity contribution >= 4 is 17.7 Å². The van der Waals surface area contributed by atoms with Gasteiger partial charge in [-0.05, 0) is 6.92 Å². The standard InChI is InChI=1S/C11H20N8O4/c1-5-23-18-9(12)17-19(22-4)10(13)14-7-6-8(20-2)16-11(15-7)21-3/h6H,5H2,1-4H3,(H3,12,17,18)(H2,13,14,15,16). The van der Waals surface area contributed by atoms with E-state index in [-0.39, 0.29) is 29.6 Å². The zero-order valence-corrected chi connectivity index (χ0v) is 13.3. The summed E-state index contributed by atoms with van der Waals surface area (Å²) in [4.78, 5) is 21.8. The summed E-state index contributed by atoms with van der Waals surface area (Å²) in [6.07, 6.45) is 0. The van der Waals surface area contributed by atoms with Crippen molar-refractivity contribution in [3.05, 3.63) is 6.07 Å². The van der Waals surface area contributed by atoms with Gasteiger partial charge in [0.1, 0.15) is 0 Å². The highest BCUT2D eigenvalue weighted by molar-refractivity contribution is 5.82. The number of aliphatic imine (C=N–C) groups is 1. The molecule has 0 atom stereocenters. The summed E-state index contributed by atoms with van der Waals surface area (Å²) in [6, 6.07) is 1.52. The average molecular weight is 328 g/mol. The lowest BCUT2D eigenvalue weighted by atomic mass is 10.5. The second kappa shape index (κ2) is 9.22. The Morgan fingerprint density at radius 3 is 2.57 bits per heavy atom. The molecule has 0 radical (unpaired) electrons. The van der Waals surface area contributed by atoms with Crippen LogP contribution in [0.5, 0.6) is 11.9 Å². The van der Waals surface area contributed by atoms with Crippen LogP contribution in [0.25, 0.3) is 0 Å². The molecule has 0 amide bonds. The highest BCUT2D eigenvalue weighted by atomic mass is 16.7. The summed E-state index contributed by atoms with van der Waals surface area (Å²) >= 11 is 0. The number of hydrogen-bond acceptors (Lipinski definition) is 8. The number of methoxy groups -OCH3 is 2. The highest BCUT2D eigenvalue weighted by Crippen LogP contribution is 2.19. The first-order valence-electron chi connectivity index (χ1n) is 6.41. The van der Waals surface area contributed by atoms with Crippen LogP contribution < -0.4 is 26.4 Å². The number of nitrogens with two attached hydrogens (primary N) is 2. The highest BCUT2D eigenvalue weighted by Gasteiger charge is 2.10. The van der Waals surface area contributed by atoms with E-state index in [9.17, 15) is 0 Å². The first-order valence-corrected chi connectivity index (χ1v) is 6.41. The lowest BCUT2D eigenvalue weighted by molar-refractivity contribution is -0.0661. The smallest absolute Gasteiger partial charge is 0.321 e. The predicted octanol–water partition coefficient (Wildman–Crippen LogP) is -0.926. The van der Waals surface area contributed by atoms with E-state index < -0.39 is 0 Å². The van der Waals surface area contributed by atoms with Gasteiger partial charge in [0.25, 0.3) is 0 Å². The SMILES string of the molecule is CCONC(N)=NN(OC)C(N)=Nc1cc(OC)nc(OC)n1. The number of hydrazone groups is 1. The lowest BCUT2D eigenvalue weighted by Crippen LogP contribution is -2.39. The van der Waals surface area contributed by atoms with Crippen molar-refractivity contribution in [2.24, 2.45) is 21.6 Å². The largest absolute Gasteiger partial charge is 0.481 e. The maximum atomic E-state index is 5.80. The molecular formula is C11H20N8O4. The van der Waals surface area contributed by atoms with Crippen LogP contribution in [-0.2, 0) is 9.68 Å². The number of hydroxylamine groups is 2. The van der Waals surface area contributed by atoms with Crippen molar-refractivity contribution in [3.8, 4) is 11.9 Å². The van der Waals surface area contributed by atoms with E-state index in [1.807, 2.05) is 0 Å². The first kappa shape index (κ1) is 18.2. The molecule has 1 aromatic rings. The van der Waals surface area contributed by atoms with Gasteiger partial charge in [-0.15, -0.1) is 5.10 Å². The monoisotopic (exact) mass is 328 g/mol. The van der Waals surface area contributed by atoms with Crippen LogP contribution in [0.2, 0.25) is 0 Å². The Morgan fingerprint density at radius 1 is 1.26 bits per heavy atom. The molecule has 23 heavy (non-hydrogen) atoms. The van der Waals surface area contributed by atoms with Gasteiger partial charge >= 0.3 is 6.01 Å². The van der Waals surface area contributed by atoms with E-state index in [2.05, 4.69) is 25.5 Å². The Balaban J connectivity index is 3.00. The Hall–Kier alpha value is -2.86. The lowest BCUT2D eigenvalue weighted by Gasteiger charge is -2.15. The number of nitrogens with one attached hydrogen (secondary N) is 1. The van der Waals surface area contributed by atoms with Gasteiger partial charge < -0.3 is 20.9 Å². The molecule has 0 fully saturated rings. The normalized spacial score (nSPS) is 12.0.